The third-order valence-corrected chi connectivity index (χ3v) is 3.59. The molecule has 0 aliphatic rings. The highest BCUT2D eigenvalue weighted by Gasteiger charge is 2.14. The van der Waals surface area contributed by atoms with Crippen LogP contribution in [0.15, 0.2) is 36.4 Å². The molecule has 0 unspecified atom stereocenters. The molecule has 1 amide bonds. The molecule has 2 aromatic rings. The lowest BCUT2D eigenvalue weighted by Crippen LogP contribution is -2.13. The minimum Gasteiger partial charge on any atom is -0.495 e. The first-order valence-corrected chi connectivity index (χ1v) is 7.29. The van der Waals surface area contributed by atoms with Crippen molar-refractivity contribution in [3.8, 4) is 11.5 Å². The van der Waals surface area contributed by atoms with Gasteiger partial charge in [-0.05, 0) is 30.3 Å². The van der Waals surface area contributed by atoms with Crippen molar-refractivity contribution in [3.05, 3.63) is 52.5 Å². The fourth-order valence-electron chi connectivity index (χ4n) is 2.03. The minimum absolute atomic E-state index is 0.342. The summed E-state index contributed by atoms with van der Waals surface area (Å²) in [6, 6.07) is 9.20. The second-order valence-corrected chi connectivity index (χ2v) is 5.12. The van der Waals surface area contributed by atoms with Crippen LogP contribution in [0.5, 0.6) is 11.5 Å². The van der Waals surface area contributed by atoms with E-state index in [2.05, 4.69) is 10.1 Å². The van der Waals surface area contributed by atoms with Crippen LogP contribution in [-0.2, 0) is 4.74 Å². The van der Waals surface area contributed by atoms with Gasteiger partial charge in [0.05, 0.1) is 37.6 Å². The second kappa shape index (κ2) is 7.70. The second-order valence-electron chi connectivity index (χ2n) is 4.71. The zero-order valence-electron chi connectivity index (χ0n) is 13.4. The maximum atomic E-state index is 12.3. The van der Waals surface area contributed by atoms with Crippen molar-refractivity contribution >= 4 is 29.2 Å². The van der Waals surface area contributed by atoms with E-state index in [9.17, 15) is 9.59 Å². The predicted molar refractivity (Wildman–Crippen MR) is 90.3 cm³/mol. The summed E-state index contributed by atoms with van der Waals surface area (Å²) in [7, 11) is 4.26. The Morgan fingerprint density at radius 3 is 2.04 bits per heavy atom. The molecule has 2 aromatic carbocycles. The Morgan fingerprint density at radius 1 is 0.917 bits per heavy atom. The summed E-state index contributed by atoms with van der Waals surface area (Å²) in [4.78, 5) is 23.7. The molecule has 0 bridgehead atoms. The largest absolute Gasteiger partial charge is 0.495 e. The number of hydrogen-bond donors (Lipinski definition) is 1. The van der Waals surface area contributed by atoms with E-state index in [-0.39, 0.29) is 5.91 Å². The Kier molecular flexibility index (Phi) is 5.65. The molecular weight excluding hydrogens is 334 g/mol. The lowest BCUT2D eigenvalue weighted by atomic mass is 10.1. The number of carbonyl (C=O) groups is 2. The topological polar surface area (TPSA) is 73.9 Å². The molecule has 6 nitrogen and oxygen atoms in total. The SMILES string of the molecule is COC(=O)c1ccc(C(=O)Nc2cc(Cl)c(OC)cc2OC)cc1. The van der Waals surface area contributed by atoms with Gasteiger partial charge in [0, 0.05) is 11.6 Å². The molecule has 0 spiro atoms. The molecule has 126 valence electrons. The van der Waals surface area contributed by atoms with Gasteiger partial charge in [0.15, 0.2) is 0 Å². The molecular formula is C17H16ClNO5. The number of carbonyl (C=O) groups excluding carboxylic acids is 2. The van der Waals surface area contributed by atoms with Crippen molar-refractivity contribution < 1.29 is 23.8 Å². The normalized spacial score (nSPS) is 10.0. The maximum absolute atomic E-state index is 12.3. The van der Waals surface area contributed by atoms with E-state index >= 15 is 0 Å². The molecule has 0 atom stereocenters. The molecule has 0 aliphatic heterocycles. The van der Waals surface area contributed by atoms with Gasteiger partial charge in [0.25, 0.3) is 5.91 Å². The van der Waals surface area contributed by atoms with E-state index in [1.807, 2.05) is 0 Å². The fraction of sp³-hybridized carbons (Fsp3) is 0.176. The number of methoxy groups -OCH3 is 3. The first-order chi connectivity index (χ1) is 11.5. The monoisotopic (exact) mass is 349 g/mol. The quantitative estimate of drug-likeness (QED) is 0.837. The summed E-state index contributed by atoms with van der Waals surface area (Å²) < 4.78 is 15.0. The third-order valence-electron chi connectivity index (χ3n) is 3.29. The third kappa shape index (κ3) is 3.78. The van der Waals surface area contributed by atoms with E-state index in [1.54, 1.807) is 12.1 Å². The van der Waals surface area contributed by atoms with Crippen LogP contribution in [0.2, 0.25) is 5.02 Å². The molecule has 0 saturated heterocycles. The van der Waals surface area contributed by atoms with E-state index in [1.165, 1.54) is 45.6 Å². The van der Waals surface area contributed by atoms with E-state index in [4.69, 9.17) is 21.1 Å². The van der Waals surface area contributed by atoms with E-state index in [0.717, 1.165) is 0 Å². The number of benzene rings is 2. The van der Waals surface area contributed by atoms with Crippen LogP contribution < -0.4 is 14.8 Å². The molecule has 24 heavy (non-hydrogen) atoms. The molecule has 0 radical (unpaired) electrons. The zero-order chi connectivity index (χ0) is 17.7. The number of nitrogens with one attached hydrogen (secondary N) is 1. The number of amides is 1. The van der Waals surface area contributed by atoms with Crippen LogP contribution in [0.3, 0.4) is 0 Å². The number of ether oxygens (including phenoxy) is 3. The highest BCUT2D eigenvalue weighted by Crippen LogP contribution is 2.36. The number of anilines is 1. The standard InChI is InChI=1S/C17H16ClNO5/c1-22-14-9-15(23-2)13(8-12(14)18)19-16(20)10-4-6-11(7-5-10)17(21)24-3/h4-9H,1-3H3,(H,19,20). The first kappa shape index (κ1) is 17.6. The van der Waals surface area contributed by atoms with Crippen molar-refractivity contribution in [1.29, 1.82) is 0 Å². The van der Waals surface area contributed by atoms with Crippen LogP contribution in [0.25, 0.3) is 0 Å². The highest BCUT2D eigenvalue weighted by atomic mass is 35.5. The molecule has 0 fully saturated rings. The van der Waals surface area contributed by atoms with Crippen LogP contribution in [0, 0.1) is 0 Å². The number of rotatable bonds is 5. The lowest BCUT2D eigenvalue weighted by Gasteiger charge is -2.13. The Labute approximate surface area is 144 Å². The first-order valence-electron chi connectivity index (χ1n) is 6.91. The van der Waals surface area contributed by atoms with Crippen molar-refractivity contribution in [2.24, 2.45) is 0 Å². The summed E-state index contributed by atoms with van der Waals surface area (Å²) in [6.07, 6.45) is 0. The molecule has 2 rings (SSSR count). The summed E-state index contributed by atoms with van der Waals surface area (Å²) in [5, 5.41) is 3.05. The number of halogens is 1. The molecule has 0 saturated carbocycles. The van der Waals surface area contributed by atoms with Crippen LogP contribution in [-0.4, -0.2) is 33.2 Å². The number of hydrogen-bond acceptors (Lipinski definition) is 5. The highest BCUT2D eigenvalue weighted by molar-refractivity contribution is 6.32. The average Bonchev–Trinajstić information content (AvgIpc) is 2.61. The van der Waals surface area contributed by atoms with Crippen molar-refractivity contribution in [2.45, 2.75) is 0 Å². The van der Waals surface area contributed by atoms with Gasteiger partial charge in [0.2, 0.25) is 0 Å². The van der Waals surface area contributed by atoms with E-state index in [0.29, 0.717) is 33.3 Å². The Hall–Kier alpha value is -2.73. The van der Waals surface area contributed by atoms with Crippen molar-refractivity contribution in [2.75, 3.05) is 26.6 Å². The molecule has 1 N–H and O–H groups in total. The van der Waals surface area contributed by atoms with Gasteiger partial charge >= 0.3 is 5.97 Å². The zero-order valence-corrected chi connectivity index (χ0v) is 14.1. The van der Waals surface area contributed by atoms with Crippen LogP contribution in [0.1, 0.15) is 20.7 Å². The molecule has 7 heteroatoms. The average molecular weight is 350 g/mol. The van der Waals surface area contributed by atoms with E-state index < -0.39 is 5.97 Å². The van der Waals surface area contributed by atoms with Gasteiger partial charge in [-0.3, -0.25) is 4.79 Å². The van der Waals surface area contributed by atoms with Crippen molar-refractivity contribution in [3.63, 3.8) is 0 Å². The van der Waals surface area contributed by atoms with Crippen LogP contribution >= 0.6 is 11.6 Å². The van der Waals surface area contributed by atoms with Gasteiger partial charge in [-0.1, -0.05) is 11.6 Å². The Bertz CT molecular complexity index is 758. The van der Waals surface area contributed by atoms with Gasteiger partial charge in [0.1, 0.15) is 11.5 Å². The Balaban J connectivity index is 2.23. The molecule has 0 aromatic heterocycles. The van der Waals surface area contributed by atoms with Gasteiger partial charge < -0.3 is 19.5 Å². The minimum atomic E-state index is -0.467. The van der Waals surface area contributed by atoms with Crippen LogP contribution in [0.4, 0.5) is 5.69 Å². The van der Waals surface area contributed by atoms with Crippen molar-refractivity contribution in [1.82, 2.24) is 0 Å². The summed E-state index contributed by atoms with van der Waals surface area (Å²) in [5.41, 5.74) is 1.14. The van der Waals surface area contributed by atoms with Gasteiger partial charge in [-0.25, -0.2) is 4.79 Å². The summed E-state index contributed by atoms with van der Waals surface area (Å²) >= 11 is 6.08. The smallest absolute Gasteiger partial charge is 0.337 e. The summed E-state index contributed by atoms with van der Waals surface area (Å²) in [5.74, 6) is 0.0150. The lowest BCUT2D eigenvalue weighted by molar-refractivity contribution is 0.0600. The summed E-state index contributed by atoms with van der Waals surface area (Å²) in [6.45, 7) is 0. The predicted octanol–water partition coefficient (Wildman–Crippen LogP) is 3.40. The molecule has 0 aliphatic carbocycles. The fourth-order valence-corrected chi connectivity index (χ4v) is 2.27. The maximum Gasteiger partial charge on any atom is 0.337 e. The Morgan fingerprint density at radius 2 is 1.50 bits per heavy atom. The van der Waals surface area contributed by atoms with Gasteiger partial charge in [-0.15, -0.1) is 0 Å². The molecule has 0 heterocycles. The van der Waals surface area contributed by atoms with Gasteiger partial charge in [-0.2, -0.15) is 0 Å². The number of esters is 1.